The Morgan fingerprint density at radius 3 is 2.25 bits per heavy atom. The molecule has 0 N–H and O–H groups in total. The van der Waals surface area contributed by atoms with Crippen LogP contribution in [0.5, 0.6) is 11.5 Å². The van der Waals surface area contributed by atoms with E-state index in [1.165, 1.54) is 5.56 Å². The molecular weight excluding hydrogens is 392 g/mol. The highest BCUT2D eigenvalue weighted by Crippen LogP contribution is 2.32. The van der Waals surface area contributed by atoms with Gasteiger partial charge in [-0.05, 0) is 54.1 Å². The van der Waals surface area contributed by atoms with Crippen molar-refractivity contribution >= 4 is 34.4 Å². The van der Waals surface area contributed by atoms with Crippen LogP contribution in [-0.4, -0.2) is 23.8 Å². The molecule has 6 heteroatoms. The molecule has 1 aromatic heterocycles. The lowest BCUT2D eigenvalue weighted by atomic mass is 10.2. The Morgan fingerprint density at radius 2 is 1.57 bits per heavy atom. The fraction of sp³-hybridized carbons (Fsp3) is 0.136. The molecular formula is C22H19ClN2O2S. The van der Waals surface area contributed by atoms with E-state index in [0.29, 0.717) is 0 Å². The lowest BCUT2D eigenvalue weighted by Gasteiger charge is -2.10. The number of thioether (sulfide) groups is 1. The third kappa shape index (κ3) is 3.81. The number of halogens is 1. The predicted octanol–water partition coefficient (Wildman–Crippen LogP) is 5.99. The summed E-state index contributed by atoms with van der Waals surface area (Å²) in [6, 6.07) is 21.8. The summed E-state index contributed by atoms with van der Waals surface area (Å²) in [5.74, 6) is 2.42. The van der Waals surface area contributed by atoms with Crippen LogP contribution in [0.25, 0.3) is 16.7 Å². The highest BCUT2D eigenvalue weighted by Gasteiger charge is 2.14. The molecule has 4 rings (SSSR count). The van der Waals surface area contributed by atoms with Crippen molar-refractivity contribution in [1.82, 2.24) is 9.55 Å². The first-order valence-corrected chi connectivity index (χ1v) is 10.1. The number of hydrogen-bond donors (Lipinski definition) is 0. The largest absolute Gasteiger partial charge is 0.497 e. The number of fused-ring (bicyclic) bond motifs is 1. The molecule has 3 aromatic carbocycles. The van der Waals surface area contributed by atoms with E-state index in [-0.39, 0.29) is 0 Å². The molecule has 4 nitrogen and oxygen atoms in total. The van der Waals surface area contributed by atoms with Crippen LogP contribution in [0.3, 0.4) is 0 Å². The number of hydrogen-bond acceptors (Lipinski definition) is 4. The highest BCUT2D eigenvalue weighted by atomic mass is 35.5. The number of imidazole rings is 1. The van der Waals surface area contributed by atoms with Crippen molar-refractivity contribution in [1.29, 1.82) is 0 Å². The van der Waals surface area contributed by atoms with Crippen LogP contribution in [-0.2, 0) is 5.75 Å². The molecule has 1 heterocycles. The first-order chi connectivity index (χ1) is 13.7. The zero-order valence-corrected chi connectivity index (χ0v) is 17.1. The number of nitrogens with zero attached hydrogens (tertiary/aromatic N) is 2. The van der Waals surface area contributed by atoms with Crippen molar-refractivity contribution < 1.29 is 9.47 Å². The summed E-state index contributed by atoms with van der Waals surface area (Å²) in [5.41, 5.74) is 4.15. The second-order valence-corrected chi connectivity index (χ2v) is 7.58. The van der Waals surface area contributed by atoms with Crippen molar-refractivity contribution in [3.05, 3.63) is 77.3 Å². The van der Waals surface area contributed by atoms with Crippen molar-refractivity contribution in [3.8, 4) is 17.2 Å². The maximum atomic E-state index is 6.00. The van der Waals surface area contributed by atoms with E-state index in [9.17, 15) is 0 Å². The summed E-state index contributed by atoms with van der Waals surface area (Å²) in [6.45, 7) is 0. The average Bonchev–Trinajstić information content (AvgIpc) is 3.10. The van der Waals surface area contributed by atoms with Gasteiger partial charge in [0.2, 0.25) is 0 Å². The first-order valence-electron chi connectivity index (χ1n) is 8.76. The van der Waals surface area contributed by atoms with Gasteiger partial charge in [-0.3, -0.25) is 4.57 Å². The van der Waals surface area contributed by atoms with Gasteiger partial charge in [-0.15, -0.1) is 0 Å². The molecule has 4 aromatic rings. The Bertz CT molecular complexity index is 1090. The maximum absolute atomic E-state index is 6.00. The van der Waals surface area contributed by atoms with Crippen molar-refractivity contribution in [2.45, 2.75) is 10.9 Å². The second-order valence-electron chi connectivity index (χ2n) is 6.20. The van der Waals surface area contributed by atoms with E-state index in [2.05, 4.69) is 4.57 Å². The van der Waals surface area contributed by atoms with Gasteiger partial charge in [0.1, 0.15) is 11.5 Å². The van der Waals surface area contributed by atoms with Crippen molar-refractivity contribution in [2.24, 2.45) is 0 Å². The summed E-state index contributed by atoms with van der Waals surface area (Å²) in [5, 5.41) is 1.66. The normalized spacial score (nSPS) is 11.0. The fourth-order valence-corrected chi connectivity index (χ4v) is 4.08. The van der Waals surface area contributed by atoms with Gasteiger partial charge in [-0.25, -0.2) is 4.98 Å². The van der Waals surface area contributed by atoms with Crippen LogP contribution in [0, 0.1) is 0 Å². The number of ether oxygens (including phenoxy) is 2. The van der Waals surface area contributed by atoms with E-state index in [1.54, 1.807) is 26.0 Å². The predicted molar refractivity (Wildman–Crippen MR) is 115 cm³/mol. The second kappa shape index (κ2) is 8.17. The van der Waals surface area contributed by atoms with Gasteiger partial charge in [-0.1, -0.05) is 35.5 Å². The standard InChI is InChI=1S/C22H19ClN2O2S/c1-26-18-9-7-17(8-10-18)25-21-13-19(27-2)11-12-20(21)24-22(25)28-14-15-3-5-16(23)6-4-15/h3-13H,14H2,1-2H3. The van der Waals surface area contributed by atoms with E-state index >= 15 is 0 Å². The van der Waals surface area contributed by atoms with Gasteiger partial charge in [0.05, 0.1) is 25.3 Å². The van der Waals surface area contributed by atoms with E-state index in [1.807, 2.05) is 66.7 Å². The summed E-state index contributed by atoms with van der Waals surface area (Å²) in [4.78, 5) is 4.85. The third-order valence-electron chi connectivity index (χ3n) is 4.44. The molecule has 0 unspecified atom stereocenters. The average molecular weight is 411 g/mol. The molecule has 0 fully saturated rings. The van der Waals surface area contributed by atoms with Crippen LogP contribution >= 0.6 is 23.4 Å². The molecule has 0 bridgehead atoms. The summed E-state index contributed by atoms with van der Waals surface area (Å²) >= 11 is 7.68. The fourth-order valence-electron chi connectivity index (χ4n) is 2.97. The van der Waals surface area contributed by atoms with Crippen molar-refractivity contribution in [2.75, 3.05) is 14.2 Å². The molecule has 0 aliphatic carbocycles. The quantitative estimate of drug-likeness (QED) is 0.366. The molecule has 0 aliphatic rings. The van der Waals surface area contributed by atoms with Gasteiger partial charge in [0.15, 0.2) is 5.16 Å². The Hall–Kier alpha value is -2.63. The lowest BCUT2D eigenvalue weighted by molar-refractivity contribution is 0.414. The molecule has 0 atom stereocenters. The molecule has 0 saturated heterocycles. The molecule has 0 amide bonds. The van der Waals surface area contributed by atoms with Gasteiger partial charge < -0.3 is 9.47 Å². The minimum atomic E-state index is 0.742. The number of benzene rings is 3. The molecule has 0 radical (unpaired) electrons. The summed E-state index contributed by atoms with van der Waals surface area (Å²) in [7, 11) is 3.34. The minimum absolute atomic E-state index is 0.742. The Balaban J connectivity index is 1.76. The molecule has 0 aliphatic heterocycles. The molecule has 28 heavy (non-hydrogen) atoms. The Kier molecular flexibility index (Phi) is 5.46. The number of aromatic nitrogens is 2. The smallest absolute Gasteiger partial charge is 0.174 e. The third-order valence-corrected chi connectivity index (χ3v) is 5.70. The minimum Gasteiger partial charge on any atom is -0.497 e. The van der Waals surface area contributed by atoms with Crippen LogP contribution < -0.4 is 9.47 Å². The maximum Gasteiger partial charge on any atom is 0.174 e. The number of rotatable bonds is 6. The van der Waals surface area contributed by atoms with Crippen LogP contribution in [0.2, 0.25) is 5.02 Å². The topological polar surface area (TPSA) is 36.3 Å². The zero-order chi connectivity index (χ0) is 19.5. The van der Waals surface area contributed by atoms with Gasteiger partial charge in [0.25, 0.3) is 0 Å². The first kappa shape index (κ1) is 18.7. The Labute approximate surface area is 173 Å². The van der Waals surface area contributed by atoms with Crippen LogP contribution in [0.15, 0.2) is 71.9 Å². The molecule has 0 saturated carbocycles. The number of methoxy groups -OCH3 is 2. The van der Waals surface area contributed by atoms with E-state index < -0.39 is 0 Å². The van der Waals surface area contributed by atoms with E-state index in [4.69, 9.17) is 26.1 Å². The van der Waals surface area contributed by atoms with Crippen LogP contribution in [0.1, 0.15) is 5.56 Å². The van der Waals surface area contributed by atoms with E-state index in [0.717, 1.165) is 44.2 Å². The summed E-state index contributed by atoms with van der Waals surface area (Å²) in [6.07, 6.45) is 0. The van der Waals surface area contributed by atoms with Crippen LogP contribution in [0.4, 0.5) is 0 Å². The highest BCUT2D eigenvalue weighted by molar-refractivity contribution is 7.98. The Morgan fingerprint density at radius 1 is 0.893 bits per heavy atom. The molecule has 0 spiro atoms. The van der Waals surface area contributed by atoms with Gasteiger partial charge >= 0.3 is 0 Å². The van der Waals surface area contributed by atoms with Gasteiger partial charge in [-0.2, -0.15) is 0 Å². The SMILES string of the molecule is COc1ccc(-n2c(SCc3ccc(Cl)cc3)nc3ccc(OC)cc32)cc1. The summed E-state index contributed by atoms with van der Waals surface area (Å²) < 4.78 is 12.9. The monoisotopic (exact) mass is 410 g/mol. The molecule has 142 valence electrons. The van der Waals surface area contributed by atoms with Crippen molar-refractivity contribution in [3.63, 3.8) is 0 Å². The lowest BCUT2D eigenvalue weighted by Crippen LogP contribution is -1.97. The van der Waals surface area contributed by atoms with Gasteiger partial charge in [0, 0.05) is 22.5 Å². The zero-order valence-electron chi connectivity index (χ0n) is 15.6.